The van der Waals surface area contributed by atoms with Crippen LogP contribution >= 0.6 is 11.8 Å². The largest absolute Gasteiger partial charge is 0.396 e. The summed E-state index contributed by atoms with van der Waals surface area (Å²) in [6, 6.07) is 18.5. The van der Waals surface area contributed by atoms with Crippen molar-refractivity contribution >= 4 is 23.6 Å². The minimum atomic E-state index is -0.740. The van der Waals surface area contributed by atoms with E-state index in [1.165, 1.54) is 0 Å². The highest BCUT2D eigenvalue weighted by Gasteiger charge is 2.48. The Balaban J connectivity index is 1.75. The number of aliphatic hydroxyl groups excluding tert-OH is 1. The summed E-state index contributed by atoms with van der Waals surface area (Å²) in [5, 5.41) is 19.1. The molecule has 2 aromatic carbocycles. The number of carbonyl (C=O) groups excluding carboxylic acids is 2. The second-order valence-electron chi connectivity index (χ2n) is 9.05. The van der Waals surface area contributed by atoms with Gasteiger partial charge in [0, 0.05) is 23.9 Å². The molecule has 1 fully saturated rings. The summed E-state index contributed by atoms with van der Waals surface area (Å²) >= 11 is 1.64. The summed E-state index contributed by atoms with van der Waals surface area (Å²) in [6.45, 7) is 6.78. The van der Waals surface area contributed by atoms with Gasteiger partial charge in [-0.05, 0) is 37.3 Å². The van der Waals surface area contributed by atoms with Crippen molar-refractivity contribution in [3.05, 3.63) is 71.8 Å². The van der Waals surface area contributed by atoms with Crippen LogP contribution < -0.4 is 16.0 Å². The summed E-state index contributed by atoms with van der Waals surface area (Å²) in [6.07, 6.45) is 1.04. The molecule has 0 aliphatic carbocycles. The zero-order valence-electron chi connectivity index (χ0n) is 19.6. The molecular formula is C26H35N3O3S. The van der Waals surface area contributed by atoms with E-state index in [2.05, 4.69) is 36.7 Å². The maximum Gasteiger partial charge on any atom is 0.245 e. The van der Waals surface area contributed by atoms with Crippen LogP contribution in [-0.2, 0) is 22.6 Å². The van der Waals surface area contributed by atoms with Crippen LogP contribution in [0.1, 0.15) is 38.3 Å². The van der Waals surface area contributed by atoms with E-state index < -0.39 is 6.04 Å². The van der Waals surface area contributed by atoms with Crippen LogP contribution in [0.5, 0.6) is 0 Å². The maximum absolute atomic E-state index is 13.3. The highest BCUT2D eigenvalue weighted by Crippen LogP contribution is 2.42. The predicted octanol–water partition coefficient (Wildman–Crippen LogP) is 2.86. The minimum absolute atomic E-state index is 0.0259. The summed E-state index contributed by atoms with van der Waals surface area (Å²) in [4.78, 5) is 26.2. The number of nitrogens with one attached hydrogen (secondary N) is 3. The Kier molecular flexibility index (Phi) is 8.95. The molecular weight excluding hydrogens is 434 g/mol. The van der Waals surface area contributed by atoms with Crippen LogP contribution in [-0.4, -0.2) is 45.7 Å². The first kappa shape index (κ1) is 25.3. The van der Waals surface area contributed by atoms with E-state index in [4.69, 9.17) is 0 Å². The first-order valence-electron chi connectivity index (χ1n) is 11.5. The van der Waals surface area contributed by atoms with Gasteiger partial charge in [-0.3, -0.25) is 14.9 Å². The molecule has 0 radical (unpaired) electrons. The molecule has 0 spiro atoms. The molecule has 1 aliphatic rings. The van der Waals surface area contributed by atoms with E-state index >= 15 is 0 Å². The van der Waals surface area contributed by atoms with Gasteiger partial charge < -0.3 is 15.7 Å². The van der Waals surface area contributed by atoms with Gasteiger partial charge in [-0.25, -0.2) is 0 Å². The molecule has 1 heterocycles. The van der Waals surface area contributed by atoms with Crippen molar-refractivity contribution in [2.75, 3.05) is 6.61 Å². The third-order valence-electron chi connectivity index (χ3n) is 6.17. The van der Waals surface area contributed by atoms with Crippen molar-refractivity contribution in [3.8, 4) is 0 Å². The van der Waals surface area contributed by atoms with E-state index in [-0.39, 0.29) is 46.9 Å². The van der Waals surface area contributed by atoms with Gasteiger partial charge in [0.05, 0.1) is 11.8 Å². The molecule has 1 aliphatic heterocycles. The zero-order valence-corrected chi connectivity index (χ0v) is 20.4. The van der Waals surface area contributed by atoms with Gasteiger partial charge in [-0.2, -0.15) is 0 Å². The van der Waals surface area contributed by atoms with Gasteiger partial charge in [0.1, 0.15) is 6.04 Å². The van der Waals surface area contributed by atoms with Gasteiger partial charge in [-0.1, -0.05) is 67.6 Å². The summed E-state index contributed by atoms with van der Waals surface area (Å²) in [5.41, 5.74) is 1.90. The average Bonchev–Trinajstić information content (AvgIpc) is 3.13. The number of thioether (sulfide) groups is 1. The van der Waals surface area contributed by atoms with E-state index in [9.17, 15) is 14.7 Å². The Labute approximate surface area is 200 Å². The second-order valence-corrected chi connectivity index (χ2v) is 10.8. The highest BCUT2D eigenvalue weighted by molar-refractivity contribution is 8.01. The number of benzene rings is 2. The lowest BCUT2D eigenvalue weighted by molar-refractivity contribution is -0.129. The van der Waals surface area contributed by atoms with E-state index in [0.717, 1.165) is 17.5 Å². The Morgan fingerprint density at radius 1 is 1.06 bits per heavy atom. The molecule has 7 heteroatoms. The Bertz CT molecular complexity index is 904. The fraction of sp³-hybridized carbons (Fsp3) is 0.462. The maximum atomic E-state index is 13.3. The fourth-order valence-electron chi connectivity index (χ4n) is 4.33. The molecule has 33 heavy (non-hydrogen) atoms. The van der Waals surface area contributed by atoms with Crippen molar-refractivity contribution in [2.45, 2.75) is 62.4 Å². The summed E-state index contributed by atoms with van der Waals surface area (Å²) in [5.74, 6) is -0.344. The first-order chi connectivity index (χ1) is 15.8. The molecule has 4 N–H and O–H groups in total. The monoisotopic (exact) mass is 469 g/mol. The number of hydrogen-bond acceptors (Lipinski definition) is 5. The SMILES string of the molecule is CC[C@@H](CO)[C@@H]1N[C@@H](C(NC(=O)Cc2ccccc2)C(=O)NCc2ccccc2)SC1(C)C. The molecule has 2 aromatic rings. The minimum Gasteiger partial charge on any atom is -0.396 e. The Morgan fingerprint density at radius 3 is 2.24 bits per heavy atom. The molecule has 1 unspecified atom stereocenters. The van der Waals surface area contributed by atoms with Gasteiger partial charge in [0.2, 0.25) is 11.8 Å². The zero-order chi connectivity index (χ0) is 23.8. The molecule has 6 nitrogen and oxygen atoms in total. The average molecular weight is 470 g/mol. The van der Waals surface area contributed by atoms with Crippen LogP contribution in [0.3, 0.4) is 0 Å². The van der Waals surface area contributed by atoms with Gasteiger partial charge in [0.15, 0.2) is 0 Å². The number of aliphatic hydroxyl groups is 1. The van der Waals surface area contributed by atoms with Gasteiger partial charge in [0.25, 0.3) is 0 Å². The fourth-order valence-corrected chi connectivity index (χ4v) is 5.93. The molecule has 178 valence electrons. The number of hydrogen-bond donors (Lipinski definition) is 4. The summed E-state index contributed by atoms with van der Waals surface area (Å²) in [7, 11) is 0. The van der Waals surface area contributed by atoms with E-state index in [1.54, 1.807) is 11.8 Å². The number of amides is 2. The van der Waals surface area contributed by atoms with Crippen LogP contribution in [0.15, 0.2) is 60.7 Å². The molecule has 4 atom stereocenters. The summed E-state index contributed by atoms with van der Waals surface area (Å²) < 4.78 is -0.198. The predicted molar refractivity (Wildman–Crippen MR) is 134 cm³/mol. The van der Waals surface area contributed by atoms with Crippen LogP contribution in [0.4, 0.5) is 0 Å². The van der Waals surface area contributed by atoms with E-state index in [0.29, 0.717) is 6.54 Å². The lowest BCUT2D eigenvalue weighted by Crippen LogP contribution is -2.57. The topological polar surface area (TPSA) is 90.5 Å². The third kappa shape index (κ3) is 6.82. The Morgan fingerprint density at radius 2 is 1.67 bits per heavy atom. The smallest absolute Gasteiger partial charge is 0.245 e. The van der Waals surface area contributed by atoms with Crippen molar-refractivity contribution in [3.63, 3.8) is 0 Å². The molecule has 1 saturated heterocycles. The normalized spacial score (nSPS) is 21.2. The quantitative estimate of drug-likeness (QED) is 0.430. The first-order valence-corrected chi connectivity index (χ1v) is 12.4. The third-order valence-corrected chi connectivity index (χ3v) is 7.70. The standard InChI is InChI=1S/C26H35N3O3S/c1-4-20(17-30)23-26(2,3)33-25(29-23)22(24(32)27-16-19-13-9-6-10-14-19)28-21(31)15-18-11-7-5-8-12-18/h5-14,20,22-23,25,29-30H,4,15-17H2,1-3H3,(H,27,32)(H,28,31)/t20-,22?,23-,25+/m0/s1. The van der Waals surface area contributed by atoms with Crippen LogP contribution in [0.2, 0.25) is 0 Å². The van der Waals surface area contributed by atoms with Crippen molar-refractivity contribution < 1.29 is 14.7 Å². The lowest BCUT2D eigenvalue weighted by atomic mass is 9.88. The van der Waals surface area contributed by atoms with E-state index in [1.807, 2.05) is 60.7 Å². The molecule has 0 bridgehead atoms. The number of carbonyl (C=O) groups is 2. The number of rotatable bonds is 10. The van der Waals surface area contributed by atoms with Crippen molar-refractivity contribution in [1.29, 1.82) is 0 Å². The molecule has 2 amide bonds. The second kappa shape index (κ2) is 11.7. The van der Waals surface area contributed by atoms with Crippen molar-refractivity contribution in [2.24, 2.45) is 5.92 Å². The van der Waals surface area contributed by atoms with Gasteiger partial charge >= 0.3 is 0 Å². The van der Waals surface area contributed by atoms with Crippen molar-refractivity contribution in [1.82, 2.24) is 16.0 Å². The Hall–Kier alpha value is -2.35. The highest BCUT2D eigenvalue weighted by atomic mass is 32.2. The molecule has 0 aromatic heterocycles. The van der Waals surface area contributed by atoms with Crippen LogP contribution in [0.25, 0.3) is 0 Å². The lowest BCUT2D eigenvalue weighted by Gasteiger charge is -2.31. The molecule has 3 rings (SSSR count). The van der Waals surface area contributed by atoms with Gasteiger partial charge in [-0.15, -0.1) is 11.8 Å². The van der Waals surface area contributed by atoms with Crippen LogP contribution in [0, 0.1) is 5.92 Å². The molecule has 0 saturated carbocycles.